The van der Waals surface area contributed by atoms with Gasteiger partial charge in [-0.25, -0.2) is 0 Å². The van der Waals surface area contributed by atoms with E-state index in [1.54, 1.807) is 0 Å². The molecule has 0 nitrogen and oxygen atoms in total. The van der Waals surface area contributed by atoms with Crippen LogP contribution in [0, 0.1) is 22.9 Å². The Labute approximate surface area is 218 Å². The molecule has 0 aliphatic heterocycles. The Balaban J connectivity index is 2.32. The number of hydrogen-bond donors (Lipinski definition) is 0. The van der Waals surface area contributed by atoms with Gasteiger partial charge in [-0.1, -0.05) is 135 Å². The minimum atomic E-state index is -2.51. The third-order valence-electron chi connectivity index (χ3n) is 6.20. The van der Waals surface area contributed by atoms with E-state index < -0.39 is 22.2 Å². The highest BCUT2D eigenvalue weighted by Crippen LogP contribution is 2.47. The van der Waals surface area contributed by atoms with Crippen molar-refractivity contribution in [3.05, 3.63) is 112 Å². The van der Waals surface area contributed by atoms with Gasteiger partial charge in [-0.2, -0.15) is 0 Å². The maximum Gasteiger partial charge on any atom is 0.308 e. The average Bonchev–Trinajstić information content (AvgIpc) is 2.81. The molecule has 3 aromatic carbocycles. The van der Waals surface area contributed by atoms with Gasteiger partial charge in [-0.15, -0.1) is 15.1 Å². The molecule has 3 aromatic rings. The molecule has 35 heavy (non-hydrogen) atoms. The molecule has 0 radical (unpaired) electrons. The fourth-order valence-electron chi connectivity index (χ4n) is 5.09. The van der Waals surface area contributed by atoms with Crippen molar-refractivity contribution < 1.29 is 0 Å². The number of rotatable bonds is 3. The van der Waals surface area contributed by atoms with Gasteiger partial charge < -0.3 is 0 Å². The molecule has 0 N–H and O–H groups in total. The van der Waals surface area contributed by atoms with Crippen molar-refractivity contribution in [2.24, 2.45) is 0 Å². The zero-order chi connectivity index (χ0) is 25.5. The molecule has 2 heteroatoms. The molecule has 0 heterocycles. The molecule has 0 aliphatic carbocycles. The lowest BCUT2D eigenvalue weighted by Gasteiger charge is -2.41. The van der Waals surface area contributed by atoms with Crippen LogP contribution in [0.3, 0.4) is 0 Å². The largest absolute Gasteiger partial charge is 0.308 e. The van der Waals surface area contributed by atoms with E-state index in [4.69, 9.17) is 0 Å². The van der Waals surface area contributed by atoms with Gasteiger partial charge >= 0.3 is 14.1 Å². The second-order valence-electron chi connectivity index (χ2n) is 11.5. The lowest BCUT2D eigenvalue weighted by Crippen LogP contribution is -2.48. The summed E-state index contributed by atoms with van der Waals surface area (Å²) in [4.78, 5) is 0. The van der Waals surface area contributed by atoms with Gasteiger partial charge in [-0.05, 0) is 36.4 Å². The average molecular weight is 489 g/mol. The molecule has 0 aromatic heterocycles. The predicted molar refractivity (Wildman–Crippen MR) is 158 cm³/mol. The van der Waals surface area contributed by atoms with Crippen molar-refractivity contribution in [1.82, 2.24) is 0 Å². The lowest BCUT2D eigenvalue weighted by molar-refractivity contribution is 0.651. The normalized spacial score (nSPS) is 12.1. The van der Waals surface area contributed by atoms with Gasteiger partial charge in [0.05, 0.1) is 0 Å². The van der Waals surface area contributed by atoms with Crippen LogP contribution >= 0.6 is 0 Å². The van der Waals surface area contributed by atoms with Crippen molar-refractivity contribution in [2.75, 3.05) is 0 Å². The summed E-state index contributed by atoms with van der Waals surface area (Å²) < 4.78 is 1.92. The molecule has 0 saturated heterocycles. The maximum absolute atomic E-state index is 3.81. The van der Waals surface area contributed by atoms with Gasteiger partial charge in [0, 0.05) is 11.1 Å². The number of hydrogen-bond acceptors (Lipinski definition) is 0. The Morgan fingerprint density at radius 2 is 1.00 bits per heavy atom. The van der Waals surface area contributed by atoms with Gasteiger partial charge in [0.2, 0.25) is 8.07 Å². The van der Waals surface area contributed by atoms with Crippen LogP contribution in [0.5, 0.6) is 0 Å². The van der Waals surface area contributed by atoms with Crippen LogP contribution in [0.2, 0.25) is 15.1 Å². The van der Waals surface area contributed by atoms with E-state index in [2.05, 4.69) is 156 Å². The summed E-state index contributed by atoms with van der Waals surface area (Å²) in [6, 6.07) is 31.4. The highest BCUT2D eigenvalue weighted by atomic mass is 28.3. The summed E-state index contributed by atoms with van der Waals surface area (Å²) in [5.41, 5.74) is 11.0. The first-order valence-corrected chi connectivity index (χ1v) is 16.7. The summed E-state index contributed by atoms with van der Waals surface area (Å²) in [6.45, 7) is 16.9. The third-order valence-corrected chi connectivity index (χ3v) is 15.6. The second-order valence-corrected chi connectivity index (χ2v) is 20.4. The van der Waals surface area contributed by atoms with Crippen molar-refractivity contribution in [2.45, 2.75) is 56.6 Å². The van der Waals surface area contributed by atoms with Gasteiger partial charge in [0.15, 0.2) is 0 Å². The molecular weight excluding hydrogens is 451 g/mol. The van der Waals surface area contributed by atoms with Crippen molar-refractivity contribution >= 4 is 28.3 Å². The first kappa shape index (κ1) is 26.9. The highest BCUT2D eigenvalue weighted by molar-refractivity contribution is 7.10. The van der Waals surface area contributed by atoms with Crippen LogP contribution in [-0.2, 0) is 0 Å². The minimum Gasteiger partial charge on any atom is -0.116 e. The molecule has 0 amide bonds. The van der Waals surface area contributed by atoms with Crippen LogP contribution < -0.4 is 0 Å². The zero-order valence-electron chi connectivity index (χ0n) is 22.3. The Bertz CT molecular complexity index is 1180. The highest BCUT2D eigenvalue weighted by Gasteiger charge is 2.49. The molecule has 0 bridgehead atoms. The molecule has 0 saturated carbocycles. The quantitative estimate of drug-likeness (QED) is 0.256. The van der Waals surface area contributed by atoms with E-state index in [9.17, 15) is 0 Å². The molecule has 0 fully saturated rings. The second kappa shape index (κ2) is 11.3. The first-order chi connectivity index (χ1) is 16.5. The number of benzene rings is 3. The van der Waals surface area contributed by atoms with E-state index in [0.29, 0.717) is 0 Å². The van der Waals surface area contributed by atoms with Crippen LogP contribution in [0.25, 0.3) is 6.08 Å². The summed E-state index contributed by atoms with van der Waals surface area (Å²) in [5.74, 6) is 7.07. The molecule has 176 valence electrons. The van der Waals surface area contributed by atoms with E-state index in [1.165, 1.54) is 9.62 Å². The van der Waals surface area contributed by atoms with E-state index in [1.807, 2.05) is 12.1 Å². The summed E-state index contributed by atoms with van der Waals surface area (Å²) in [6.07, 6.45) is 2.46. The minimum absolute atomic E-state index is 0.190. The fourth-order valence-corrected chi connectivity index (χ4v) is 16.8. The molecule has 0 spiro atoms. The van der Waals surface area contributed by atoms with E-state index in [0.717, 1.165) is 11.1 Å². The molecule has 3 rings (SSSR count). The lowest BCUT2D eigenvalue weighted by atomic mass is 10.2. The zero-order valence-corrected chi connectivity index (χ0v) is 24.5. The van der Waals surface area contributed by atoms with Gasteiger partial charge in [0.25, 0.3) is 0 Å². The molecule has 0 unspecified atom stereocenters. The standard InChI is InChI=1S/C25H19Si.2C4H9.Al/c1-26(20-17-23-11-5-2-6-12-23,21-18-24-13-7-3-8-14-24)22-19-25-15-9-4-10-16-25;2*1-4(2)3;/h2-17H,1H3;2*1-3H3;. The van der Waals surface area contributed by atoms with Crippen LogP contribution in [-0.4, -0.2) is 22.2 Å². The Morgan fingerprint density at radius 1 is 0.629 bits per heavy atom. The maximum atomic E-state index is 3.81. The molecule has 0 aliphatic rings. The van der Waals surface area contributed by atoms with Crippen molar-refractivity contribution in [1.29, 1.82) is 0 Å². The van der Waals surface area contributed by atoms with E-state index in [-0.39, 0.29) is 8.55 Å². The SMILES string of the molecule is C[C](C)(C)[Al](/[C](=C\c1ccccc1)[Si](C)(C#Cc1ccccc1)C#Cc1ccccc1)[C](C)(C)C. The summed E-state index contributed by atoms with van der Waals surface area (Å²) in [5, 5.41) is 0. The Kier molecular flexibility index (Phi) is 8.70. The third kappa shape index (κ3) is 7.63. The van der Waals surface area contributed by atoms with Gasteiger partial charge in [0.1, 0.15) is 0 Å². The molecular formula is C33H37AlSi. The summed E-state index contributed by atoms with van der Waals surface area (Å²) >= 11 is -1.55. The van der Waals surface area contributed by atoms with E-state index >= 15 is 0 Å². The Morgan fingerprint density at radius 3 is 1.37 bits per heavy atom. The van der Waals surface area contributed by atoms with Crippen LogP contribution in [0.15, 0.2) is 95.1 Å². The van der Waals surface area contributed by atoms with Crippen molar-refractivity contribution in [3.8, 4) is 22.9 Å². The predicted octanol–water partition coefficient (Wildman–Crippen LogP) is 8.50. The first-order valence-electron chi connectivity index (χ1n) is 12.4. The summed E-state index contributed by atoms with van der Waals surface area (Å²) in [7, 11) is -2.51. The van der Waals surface area contributed by atoms with Crippen LogP contribution in [0.4, 0.5) is 0 Å². The van der Waals surface area contributed by atoms with Crippen molar-refractivity contribution in [3.63, 3.8) is 0 Å². The topological polar surface area (TPSA) is 0 Å². The molecule has 0 atom stereocenters. The van der Waals surface area contributed by atoms with Crippen LogP contribution in [0.1, 0.15) is 58.2 Å². The fraction of sp³-hybridized carbons (Fsp3) is 0.273. The smallest absolute Gasteiger partial charge is 0.116 e. The monoisotopic (exact) mass is 488 g/mol. The Hall–Kier alpha value is -2.73. The van der Waals surface area contributed by atoms with Gasteiger partial charge in [-0.3, -0.25) is 0 Å².